The number of hydrogen-bond acceptors (Lipinski definition) is 6. The molecule has 2 amide bonds. The van der Waals surface area contributed by atoms with E-state index in [0.717, 1.165) is 0 Å². The van der Waals surface area contributed by atoms with Crippen LogP contribution < -0.4 is 11.1 Å². The second-order valence-corrected chi connectivity index (χ2v) is 4.98. The van der Waals surface area contributed by atoms with Gasteiger partial charge in [0.25, 0.3) is 5.91 Å². The van der Waals surface area contributed by atoms with E-state index < -0.39 is 5.91 Å². The van der Waals surface area contributed by atoms with Crippen LogP contribution in [0.5, 0.6) is 0 Å². The zero-order chi connectivity index (χ0) is 15.0. The maximum absolute atomic E-state index is 11.9. The van der Waals surface area contributed by atoms with E-state index in [-0.39, 0.29) is 19.1 Å². The van der Waals surface area contributed by atoms with E-state index in [0.29, 0.717) is 30.3 Å². The van der Waals surface area contributed by atoms with Crippen LogP contribution in [0, 0.1) is 0 Å². The highest BCUT2D eigenvalue weighted by Crippen LogP contribution is 2.22. The molecule has 20 heavy (non-hydrogen) atoms. The number of nitrogens with two attached hydrogens (primary N) is 1. The lowest BCUT2D eigenvalue weighted by Crippen LogP contribution is -2.37. The average Bonchev–Trinajstić information content (AvgIpc) is 2.84. The van der Waals surface area contributed by atoms with E-state index in [1.54, 1.807) is 23.5 Å². The van der Waals surface area contributed by atoms with E-state index >= 15 is 0 Å². The van der Waals surface area contributed by atoms with Crippen molar-refractivity contribution >= 4 is 28.2 Å². The van der Waals surface area contributed by atoms with Gasteiger partial charge >= 0.3 is 0 Å². The molecule has 4 N–H and O–H groups in total. The van der Waals surface area contributed by atoms with Gasteiger partial charge in [-0.15, -0.1) is 11.3 Å². The lowest BCUT2D eigenvalue weighted by atomic mass is 10.3. The maximum Gasteiger partial charge on any atom is 0.251 e. The average molecular weight is 301 g/mol. The lowest BCUT2D eigenvalue weighted by molar-refractivity contribution is -0.117. The van der Waals surface area contributed by atoms with Crippen LogP contribution in [0.4, 0.5) is 5.00 Å². The van der Waals surface area contributed by atoms with Crippen molar-refractivity contribution in [1.82, 2.24) is 4.90 Å². The number of anilines is 1. The predicted molar refractivity (Wildman–Crippen MR) is 76.9 cm³/mol. The first kappa shape index (κ1) is 16.6. The Hall–Kier alpha value is -1.48. The molecule has 1 aromatic rings. The molecule has 0 bridgehead atoms. The van der Waals surface area contributed by atoms with Gasteiger partial charge in [-0.2, -0.15) is 0 Å². The molecule has 0 spiro atoms. The van der Waals surface area contributed by atoms with Gasteiger partial charge in [-0.3, -0.25) is 14.5 Å². The standard InChI is InChI=1S/C12H19N3O4S/c1-19-6-4-15(3-5-16)8-10(17)14-12-9(11(13)18)2-7-20-12/h2,7,16H,3-6,8H2,1H3,(H2,13,18)(H,14,17). The highest BCUT2D eigenvalue weighted by Gasteiger charge is 2.15. The van der Waals surface area contributed by atoms with E-state index in [1.807, 2.05) is 0 Å². The molecule has 0 unspecified atom stereocenters. The Morgan fingerprint density at radius 1 is 1.50 bits per heavy atom. The molecule has 0 fully saturated rings. The molecule has 8 heteroatoms. The summed E-state index contributed by atoms with van der Waals surface area (Å²) < 4.78 is 4.94. The van der Waals surface area contributed by atoms with E-state index in [2.05, 4.69) is 5.32 Å². The Labute approximate surface area is 121 Å². The zero-order valence-corrected chi connectivity index (χ0v) is 12.1. The summed E-state index contributed by atoms with van der Waals surface area (Å²) in [6.07, 6.45) is 0. The fraction of sp³-hybridized carbons (Fsp3) is 0.500. The molecule has 0 saturated heterocycles. The van der Waals surface area contributed by atoms with Gasteiger partial charge in [0.15, 0.2) is 0 Å². The van der Waals surface area contributed by atoms with Gasteiger partial charge in [0.2, 0.25) is 5.91 Å². The number of amides is 2. The number of aliphatic hydroxyl groups is 1. The molecule has 0 saturated carbocycles. The molecule has 0 aromatic carbocycles. The summed E-state index contributed by atoms with van der Waals surface area (Å²) in [4.78, 5) is 24.8. The molecular formula is C12H19N3O4S. The summed E-state index contributed by atoms with van der Waals surface area (Å²) >= 11 is 1.24. The number of hydrogen-bond donors (Lipinski definition) is 3. The van der Waals surface area contributed by atoms with Gasteiger partial charge in [0, 0.05) is 20.2 Å². The first-order valence-corrected chi connectivity index (χ1v) is 6.95. The molecule has 1 rings (SSSR count). The maximum atomic E-state index is 11.9. The number of methoxy groups -OCH3 is 1. The van der Waals surface area contributed by atoms with Crippen LogP contribution in [0.15, 0.2) is 11.4 Å². The molecular weight excluding hydrogens is 282 g/mol. The van der Waals surface area contributed by atoms with Crippen LogP contribution in [0.2, 0.25) is 0 Å². The second kappa shape index (κ2) is 8.64. The van der Waals surface area contributed by atoms with Crippen molar-refractivity contribution < 1.29 is 19.4 Å². The summed E-state index contributed by atoms with van der Waals surface area (Å²) in [6.45, 7) is 1.46. The van der Waals surface area contributed by atoms with E-state index in [9.17, 15) is 9.59 Å². The third kappa shape index (κ3) is 5.25. The SMILES string of the molecule is COCCN(CCO)CC(=O)Nc1sccc1C(N)=O. The third-order valence-electron chi connectivity index (χ3n) is 2.58. The monoisotopic (exact) mass is 301 g/mol. The topological polar surface area (TPSA) is 105 Å². The highest BCUT2D eigenvalue weighted by atomic mass is 32.1. The number of ether oxygens (including phenoxy) is 1. The van der Waals surface area contributed by atoms with Crippen molar-refractivity contribution in [3.8, 4) is 0 Å². The van der Waals surface area contributed by atoms with Crippen LogP contribution in [-0.4, -0.2) is 61.8 Å². The van der Waals surface area contributed by atoms with Crippen LogP contribution >= 0.6 is 11.3 Å². The zero-order valence-electron chi connectivity index (χ0n) is 11.3. The Kier molecular flexibility index (Phi) is 7.16. The first-order valence-electron chi connectivity index (χ1n) is 6.07. The molecule has 1 aromatic heterocycles. The highest BCUT2D eigenvalue weighted by molar-refractivity contribution is 7.14. The molecule has 0 aliphatic rings. The van der Waals surface area contributed by atoms with Crippen LogP contribution in [0.3, 0.4) is 0 Å². The largest absolute Gasteiger partial charge is 0.395 e. The van der Waals surface area contributed by atoms with Crippen molar-refractivity contribution in [2.45, 2.75) is 0 Å². The van der Waals surface area contributed by atoms with E-state index in [1.165, 1.54) is 11.3 Å². The minimum absolute atomic E-state index is 0.0392. The lowest BCUT2D eigenvalue weighted by Gasteiger charge is -2.20. The van der Waals surface area contributed by atoms with Crippen LogP contribution in [0.25, 0.3) is 0 Å². The summed E-state index contributed by atoms with van der Waals surface area (Å²) in [6, 6.07) is 1.57. The Balaban J connectivity index is 2.56. The number of primary amides is 1. The van der Waals surface area contributed by atoms with Crippen molar-refractivity contribution in [2.24, 2.45) is 5.73 Å². The number of thiophene rings is 1. The number of carbonyl (C=O) groups is 2. The molecule has 0 radical (unpaired) electrons. The molecule has 1 heterocycles. The summed E-state index contributed by atoms with van der Waals surface area (Å²) in [7, 11) is 1.57. The Morgan fingerprint density at radius 2 is 2.25 bits per heavy atom. The van der Waals surface area contributed by atoms with Crippen molar-refractivity contribution in [3.05, 3.63) is 17.0 Å². The molecule has 0 atom stereocenters. The second-order valence-electron chi connectivity index (χ2n) is 4.07. The smallest absolute Gasteiger partial charge is 0.251 e. The summed E-state index contributed by atoms with van der Waals surface area (Å²) in [5.41, 5.74) is 5.51. The summed E-state index contributed by atoms with van der Waals surface area (Å²) in [5, 5.41) is 13.7. The van der Waals surface area contributed by atoms with Crippen molar-refractivity contribution in [1.29, 1.82) is 0 Å². The fourth-order valence-electron chi connectivity index (χ4n) is 1.60. The van der Waals surface area contributed by atoms with Crippen molar-refractivity contribution in [2.75, 3.05) is 45.3 Å². The van der Waals surface area contributed by atoms with Gasteiger partial charge in [-0.05, 0) is 11.4 Å². The number of rotatable bonds is 9. The van der Waals surface area contributed by atoms with E-state index in [4.69, 9.17) is 15.6 Å². The first-order chi connectivity index (χ1) is 9.58. The number of nitrogens with one attached hydrogen (secondary N) is 1. The number of nitrogens with zero attached hydrogens (tertiary/aromatic N) is 1. The normalized spacial score (nSPS) is 10.8. The number of carbonyl (C=O) groups excluding carboxylic acids is 2. The predicted octanol–water partition coefficient (Wildman–Crippen LogP) is -0.274. The van der Waals surface area contributed by atoms with Gasteiger partial charge in [-0.1, -0.05) is 0 Å². The number of aliphatic hydroxyl groups excluding tert-OH is 1. The molecule has 0 aliphatic carbocycles. The van der Waals surface area contributed by atoms with Crippen molar-refractivity contribution in [3.63, 3.8) is 0 Å². The third-order valence-corrected chi connectivity index (χ3v) is 3.41. The van der Waals surface area contributed by atoms with Gasteiger partial charge in [-0.25, -0.2) is 0 Å². The van der Waals surface area contributed by atoms with Gasteiger partial charge in [0.1, 0.15) is 5.00 Å². The Bertz CT molecular complexity index is 450. The fourth-order valence-corrected chi connectivity index (χ4v) is 2.41. The summed E-state index contributed by atoms with van der Waals surface area (Å²) in [5.74, 6) is -0.840. The molecule has 112 valence electrons. The minimum Gasteiger partial charge on any atom is -0.395 e. The van der Waals surface area contributed by atoms with Crippen LogP contribution in [0.1, 0.15) is 10.4 Å². The Morgan fingerprint density at radius 3 is 2.85 bits per heavy atom. The molecule has 0 aliphatic heterocycles. The van der Waals surface area contributed by atoms with Crippen LogP contribution in [-0.2, 0) is 9.53 Å². The quantitative estimate of drug-likeness (QED) is 0.582. The van der Waals surface area contributed by atoms with Gasteiger partial charge in [0.05, 0.1) is 25.3 Å². The molecule has 7 nitrogen and oxygen atoms in total. The minimum atomic E-state index is -0.576. The van der Waals surface area contributed by atoms with Gasteiger partial charge < -0.3 is 20.9 Å².